The van der Waals surface area contributed by atoms with Crippen molar-refractivity contribution < 1.29 is 13.2 Å². The first-order valence-corrected chi connectivity index (χ1v) is 9.41. The number of carbonyl (C=O) groups is 1. The van der Waals surface area contributed by atoms with Crippen LogP contribution in [0.25, 0.3) is 5.69 Å². The Bertz CT molecular complexity index is 906. The zero-order valence-electron chi connectivity index (χ0n) is 12.9. The molecule has 0 radical (unpaired) electrons. The summed E-state index contributed by atoms with van der Waals surface area (Å²) in [5.74, 6) is -0.225. The Morgan fingerprint density at radius 1 is 1.21 bits per heavy atom. The number of aromatic nitrogens is 2. The predicted octanol–water partition coefficient (Wildman–Crippen LogP) is 0.397. The maximum absolute atomic E-state index is 12.2. The predicted molar refractivity (Wildman–Crippen MR) is 88.9 cm³/mol. The number of rotatable bonds is 4. The monoisotopic (exact) mass is 347 g/mol. The molecule has 1 amide bonds. The number of benzene rings is 1. The number of amides is 1. The number of para-hydroxylation sites is 1. The van der Waals surface area contributed by atoms with E-state index in [2.05, 4.69) is 10.4 Å². The van der Waals surface area contributed by atoms with Gasteiger partial charge in [-0.15, -0.1) is 0 Å². The van der Waals surface area contributed by atoms with Crippen LogP contribution >= 0.6 is 0 Å². The highest BCUT2D eigenvalue weighted by Crippen LogP contribution is 2.17. The van der Waals surface area contributed by atoms with E-state index >= 15 is 0 Å². The molecule has 1 saturated heterocycles. The molecule has 1 fully saturated rings. The number of carbonyl (C=O) groups excluding carboxylic acids is 1. The van der Waals surface area contributed by atoms with Crippen LogP contribution in [-0.4, -0.2) is 42.2 Å². The molecule has 1 aromatic heterocycles. The minimum atomic E-state index is -2.97. The molecule has 0 aliphatic carbocycles. The average Bonchev–Trinajstić information content (AvgIpc) is 2.93. The summed E-state index contributed by atoms with van der Waals surface area (Å²) in [6, 6.07) is 11.5. The second-order valence-corrected chi connectivity index (χ2v) is 8.01. The standard InChI is InChI=1S/C16H17N3O4S/c20-15-7-6-14(18-19(15)13-4-2-1-3-5-13)16(21)17-10-12-8-9-24(22,23)11-12/h1-7,12H,8-11H2,(H,17,21)/t12-/m0/s1. The van der Waals surface area contributed by atoms with Crippen molar-refractivity contribution in [3.63, 3.8) is 0 Å². The van der Waals surface area contributed by atoms with Gasteiger partial charge in [0.1, 0.15) is 5.69 Å². The van der Waals surface area contributed by atoms with Gasteiger partial charge in [-0.3, -0.25) is 9.59 Å². The van der Waals surface area contributed by atoms with Gasteiger partial charge in [0.15, 0.2) is 9.84 Å². The summed E-state index contributed by atoms with van der Waals surface area (Å²) in [5.41, 5.74) is 0.345. The van der Waals surface area contributed by atoms with Crippen molar-refractivity contribution in [2.45, 2.75) is 6.42 Å². The summed E-state index contributed by atoms with van der Waals surface area (Å²) in [7, 11) is -2.97. The lowest BCUT2D eigenvalue weighted by atomic mass is 10.1. The molecule has 7 nitrogen and oxygen atoms in total. The van der Waals surface area contributed by atoms with E-state index in [0.29, 0.717) is 12.1 Å². The van der Waals surface area contributed by atoms with Crippen LogP contribution in [-0.2, 0) is 9.84 Å². The van der Waals surface area contributed by atoms with Gasteiger partial charge in [0.25, 0.3) is 11.5 Å². The Morgan fingerprint density at radius 3 is 2.62 bits per heavy atom. The quantitative estimate of drug-likeness (QED) is 0.863. The molecule has 0 saturated carbocycles. The van der Waals surface area contributed by atoms with Crippen molar-refractivity contribution in [3.05, 3.63) is 58.5 Å². The molecule has 2 heterocycles. The third-order valence-corrected chi connectivity index (χ3v) is 5.75. The highest BCUT2D eigenvalue weighted by atomic mass is 32.2. The Labute approximate surface area is 139 Å². The van der Waals surface area contributed by atoms with Gasteiger partial charge in [0, 0.05) is 12.6 Å². The van der Waals surface area contributed by atoms with Crippen LogP contribution in [0.4, 0.5) is 0 Å². The third-order valence-electron chi connectivity index (χ3n) is 3.91. The maximum Gasteiger partial charge on any atom is 0.271 e. The highest BCUT2D eigenvalue weighted by molar-refractivity contribution is 7.91. The normalized spacial score (nSPS) is 19.1. The second kappa shape index (κ2) is 6.56. The van der Waals surface area contributed by atoms with Crippen molar-refractivity contribution in [3.8, 4) is 5.69 Å². The lowest BCUT2D eigenvalue weighted by molar-refractivity contribution is 0.0941. The van der Waals surface area contributed by atoms with Gasteiger partial charge in [-0.1, -0.05) is 18.2 Å². The van der Waals surface area contributed by atoms with Crippen molar-refractivity contribution in [1.29, 1.82) is 0 Å². The molecule has 1 aromatic carbocycles. The van der Waals surface area contributed by atoms with Gasteiger partial charge >= 0.3 is 0 Å². The van der Waals surface area contributed by atoms with E-state index in [-0.39, 0.29) is 35.2 Å². The van der Waals surface area contributed by atoms with Crippen LogP contribution in [0.1, 0.15) is 16.9 Å². The SMILES string of the molecule is O=C(NC[C@@H]1CCS(=O)(=O)C1)c1ccc(=O)n(-c2ccccc2)n1. The largest absolute Gasteiger partial charge is 0.350 e. The molecule has 1 aliphatic rings. The maximum atomic E-state index is 12.2. The molecule has 0 bridgehead atoms. The lowest BCUT2D eigenvalue weighted by Crippen LogP contribution is -2.32. The van der Waals surface area contributed by atoms with E-state index < -0.39 is 15.7 Å². The number of hydrogen-bond donors (Lipinski definition) is 1. The van der Waals surface area contributed by atoms with E-state index in [1.54, 1.807) is 24.3 Å². The minimum absolute atomic E-state index is 0.0704. The molecule has 3 rings (SSSR count). The van der Waals surface area contributed by atoms with Gasteiger partial charge in [-0.25, -0.2) is 8.42 Å². The number of hydrogen-bond acceptors (Lipinski definition) is 5. The first kappa shape index (κ1) is 16.4. The molecule has 8 heteroatoms. The Kier molecular flexibility index (Phi) is 4.48. The van der Waals surface area contributed by atoms with Crippen LogP contribution in [0.15, 0.2) is 47.3 Å². The first-order chi connectivity index (χ1) is 11.4. The summed E-state index contributed by atoms with van der Waals surface area (Å²) in [6.45, 7) is 0.282. The van der Waals surface area contributed by atoms with E-state index in [4.69, 9.17) is 0 Å². The van der Waals surface area contributed by atoms with Crippen molar-refractivity contribution >= 4 is 15.7 Å². The van der Waals surface area contributed by atoms with E-state index in [1.165, 1.54) is 12.1 Å². The van der Waals surface area contributed by atoms with Crippen molar-refractivity contribution in [2.75, 3.05) is 18.1 Å². The Hall–Kier alpha value is -2.48. The van der Waals surface area contributed by atoms with Gasteiger partial charge in [0.05, 0.1) is 17.2 Å². The highest BCUT2D eigenvalue weighted by Gasteiger charge is 2.28. The molecule has 1 aliphatic heterocycles. The van der Waals surface area contributed by atoms with Gasteiger partial charge in [-0.2, -0.15) is 9.78 Å². The van der Waals surface area contributed by atoms with Gasteiger partial charge < -0.3 is 5.32 Å². The Balaban J connectivity index is 1.73. The average molecular weight is 347 g/mol. The fraction of sp³-hybridized carbons (Fsp3) is 0.312. The lowest BCUT2D eigenvalue weighted by Gasteiger charge is -2.10. The van der Waals surface area contributed by atoms with Crippen molar-refractivity contribution in [1.82, 2.24) is 15.1 Å². The topological polar surface area (TPSA) is 98.1 Å². The van der Waals surface area contributed by atoms with Crippen LogP contribution in [0, 0.1) is 5.92 Å². The van der Waals surface area contributed by atoms with Gasteiger partial charge in [-0.05, 0) is 30.5 Å². The van der Waals surface area contributed by atoms with Crippen LogP contribution in [0.2, 0.25) is 0 Å². The molecular weight excluding hydrogens is 330 g/mol. The number of nitrogens with zero attached hydrogens (tertiary/aromatic N) is 2. The minimum Gasteiger partial charge on any atom is -0.350 e. The molecule has 1 atom stereocenters. The zero-order chi connectivity index (χ0) is 17.2. The van der Waals surface area contributed by atoms with Gasteiger partial charge in [0.2, 0.25) is 0 Å². The fourth-order valence-electron chi connectivity index (χ4n) is 2.65. The van der Waals surface area contributed by atoms with Crippen molar-refractivity contribution in [2.24, 2.45) is 5.92 Å². The zero-order valence-corrected chi connectivity index (χ0v) is 13.7. The van der Waals surface area contributed by atoms with E-state index in [0.717, 1.165) is 4.68 Å². The molecule has 0 spiro atoms. The number of sulfone groups is 1. The Morgan fingerprint density at radius 2 is 1.96 bits per heavy atom. The molecule has 1 N–H and O–H groups in total. The summed E-state index contributed by atoms with van der Waals surface area (Å²) >= 11 is 0. The summed E-state index contributed by atoms with van der Waals surface area (Å²) in [5, 5.41) is 6.79. The van der Waals surface area contributed by atoms with Crippen LogP contribution < -0.4 is 10.9 Å². The molecule has 2 aromatic rings. The smallest absolute Gasteiger partial charge is 0.271 e. The second-order valence-electron chi connectivity index (χ2n) is 5.78. The van der Waals surface area contributed by atoms with Crippen LogP contribution in [0.3, 0.4) is 0 Å². The van der Waals surface area contributed by atoms with E-state index in [1.807, 2.05) is 6.07 Å². The molecule has 0 unspecified atom stereocenters. The number of nitrogens with one attached hydrogen (secondary N) is 1. The van der Waals surface area contributed by atoms with Crippen LogP contribution in [0.5, 0.6) is 0 Å². The molecular formula is C16H17N3O4S. The molecule has 126 valence electrons. The summed E-state index contributed by atoms with van der Waals surface area (Å²) < 4.78 is 24.0. The third kappa shape index (κ3) is 3.70. The summed E-state index contributed by atoms with van der Waals surface area (Å²) in [4.78, 5) is 24.2. The summed E-state index contributed by atoms with van der Waals surface area (Å²) in [6.07, 6.45) is 0.555. The fourth-order valence-corrected chi connectivity index (χ4v) is 4.51. The first-order valence-electron chi connectivity index (χ1n) is 7.59. The van der Waals surface area contributed by atoms with E-state index in [9.17, 15) is 18.0 Å². The molecule has 24 heavy (non-hydrogen) atoms.